The fourth-order valence-corrected chi connectivity index (χ4v) is 3.74. The van der Waals surface area contributed by atoms with E-state index in [1.165, 1.54) is 29.8 Å². The number of imidazole rings is 1. The smallest absolute Gasteiger partial charge is 0.251 e. The average Bonchev–Trinajstić information content (AvgIpc) is 3.15. The van der Waals surface area contributed by atoms with Crippen molar-refractivity contribution in [3.8, 4) is 0 Å². The first-order valence-corrected chi connectivity index (χ1v) is 10.2. The van der Waals surface area contributed by atoms with E-state index in [4.69, 9.17) is 4.98 Å². The lowest BCUT2D eigenvalue weighted by atomic mass is 10.1. The van der Waals surface area contributed by atoms with Crippen LogP contribution < -0.4 is 5.32 Å². The quantitative estimate of drug-likeness (QED) is 0.436. The number of halogens is 1. The third-order valence-corrected chi connectivity index (χ3v) is 5.31. The minimum absolute atomic E-state index is 0.155. The van der Waals surface area contributed by atoms with Crippen LogP contribution in [0, 0.1) is 5.82 Å². The van der Waals surface area contributed by atoms with E-state index >= 15 is 0 Å². The molecule has 1 atom stereocenters. The van der Waals surface area contributed by atoms with Crippen molar-refractivity contribution in [2.45, 2.75) is 25.8 Å². The third kappa shape index (κ3) is 4.25. The second kappa shape index (κ2) is 8.91. The average molecular weight is 401 g/mol. The molecule has 1 heterocycles. The summed E-state index contributed by atoms with van der Waals surface area (Å²) in [6.07, 6.45) is 1.51. The lowest BCUT2D eigenvalue weighted by Gasteiger charge is -2.18. The first-order chi connectivity index (χ1) is 14.6. The third-order valence-electron chi connectivity index (χ3n) is 5.31. The van der Waals surface area contributed by atoms with Gasteiger partial charge >= 0.3 is 0 Å². The SMILES string of the molecule is CC(c1ccccc1)n1c(CCCNC(=O)c2ccc(F)cc2)nc2ccccc21. The van der Waals surface area contributed by atoms with Gasteiger partial charge in [0.05, 0.1) is 17.1 Å². The van der Waals surface area contributed by atoms with E-state index in [2.05, 4.69) is 47.1 Å². The van der Waals surface area contributed by atoms with Gasteiger partial charge in [0.2, 0.25) is 0 Å². The Morgan fingerprint density at radius 3 is 2.47 bits per heavy atom. The Hall–Kier alpha value is -3.47. The first kappa shape index (κ1) is 19.8. The minimum atomic E-state index is -0.349. The molecule has 0 aliphatic carbocycles. The molecule has 0 fully saturated rings. The minimum Gasteiger partial charge on any atom is -0.352 e. The fourth-order valence-electron chi connectivity index (χ4n) is 3.74. The Morgan fingerprint density at radius 1 is 1.00 bits per heavy atom. The van der Waals surface area contributed by atoms with Gasteiger partial charge in [0.1, 0.15) is 11.6 Å². The van der Waals surface area contributed by atoms with E-state index in [1.54, 1.807) is 0 Å². The van der Waals surface area contributed by atoms with Crippen molar-refractivity contribution in [3.05, 3.63) is 102 Å². The van der Waals surface area contributed by atoms with Gasteiger partial charge in [0.15, 0.2) is 0 Å². The number of nitrogens with one attached hydrogen (secondary N) is 1. The summed E-state index contributed by atoms with van der Waals surface area (Å²) < 4.78 is 15.3. The van der Waals surface area contributed by atoms with Gasteiger partial charge in [-0.15, -0.1) is 0 Å². The summed E-state index contributed by atoms with van der Waals surface area (Å²) >= 11 is 0. The number of amides is 1. The maximum absolute atomic E-state index is 13.0. The number of hydrogen-bond donors (Lipinski definition) is 1. The molecule has 5 heteroatoms. The van der Waals surface area contributed by atoms with Crippen LogP contribution in [0.2, 0.25) is 0 Å². The van der Waals surface area contributed by atoms with Gasteiger partial charge in [0.25, 0.3) is 5.91 Å². The summed E-state index contributed by atoms with van der Waals surface area (Å²) in [6, 6.07) is 24.3. The van der Waals surface area contributed by atoms with E-state index in [0.29, 0.717) is 12.1 Å². The zero-order valence-electron chi connectivity index (χ0n) is 16.9. The number of rotatable bonds is 7. The van der Waals surface area contributed by atoms with Crippen molar-refractivity contribution >= 4 is 16.9 Å². The molecular weight excluding hydrogens is 377 g/mol. The van der Waals surface area contributed by atoms with Gasteiger partial charge in [-0.3, -0.25) is 4.79 Å². The predicted octanol–water partition coefficient (Wildman–Crippen LogP) is 5.15. The molecule has 4 rings (SSSR count). The molecule has 1 N–H and O–H groups in total. The van der Waals surface area contributed by atoms with Crippen molar-refractivity contribution in [3.63, 3.8) is 0 Å². The highest BCUT2D eigenvalue weighted by Crippen LogP contribution is 2.26. The monoisotopic (exact) mass is 401 g/mol. The zero-order chi connectivity index (χ0) is 20.9. The van der Waals surface area contributed by atoms with Gasteiger partial charge < -0.3 is 9.88 Å². The normalized spacial score (nSPS) is 12.1. The van der Waals surface area contributed by atoms with E-state index < -0.39 is 0 Å². The number of benzene rings is 3. The van der Waals surface area contributed by atoms with Gasteiger partial charge in [-0.2, -0.15) is 0 Å². The molecule has 3 aromatic carbocycles. The fraction of sp³-hybridized carbons (Fsp3) is 0.200. The van der Waals surface area contributed by atoms with Gasteiger partial charge in [-0.25, -0.2) is 9.37 Å². The van der Waals surface area contributed by atoms with Gasteiger partial charge in [-0.05, 0) is 55.3 Å². The van der Waals surface area contributed by atoms with Crippen LogP contribution in [0.4, 0.5) is 4.39 Å². The topological polar surface area (TPSA) is 46.9 Å². The van der Waals surface area contributed by atoms with Crippen molar-refractivity contribution in [1.29, 1.82) is 0 Å². The van der Waals surface area contributed by atoms with E-state index in [1.807, 2.05) is 24.3 Å². The maximum Gasteiger partial charge on any atom is 0.251 e. The van der Waals surface area contributed by atoms with Crippen LogP contribution >= 0.6 is 0 Å². The van der Waals surface area contributed by atoms with E-state index in [9.17, 15) is 9.18 Å². The van der Waals surface area contributed by atoms with Crippen molar-refractivity contribution in [1.82, 2.24) is 14.9 Å². The molecule has 1 unspecified atom stereocenters. The summed E-state index contributed by atoms with van der Waals surface area (Å²) in [7, 11) is 0. The van der Waals surface area contributed by atoms with Crippen LogP contribution in [0.5, 0.6) is 0 Å². The van der Waals surface area contributed by atoms with Crippen LogP contribution in [-0.2, 0) is 6.42 Å². The second-order valence-electron chi connectivity index (χ2n) is 7.34. The molecule has 0 saturated carbocycles. The van der Waals surface area contributed by atoms with Gasteiger partial charge in [-0.1, -0.05) is 42.5 Å². The number of aryl methyl sites for hydroxylation is 1. The Morgan fingerprint density at radius 2 is 1.70 bits per heavy atom. The Balaban J connectivity index is 1.47. The number of aromatic nitrogens is 2. The number of nitrogens with zero attached hydrogens (tertiary/aromatic N) is 2. The van der Waals surface area contributed by atoms with Crippen LogP contribution in [-0.4, -0.2) is 22.0 Å². The predicted molar refractivity (Wildman–Crippen MR) is 117 cm³/mol. The summed E-state index contributed by atoms with van der Waals surface area (Å²) in [4.78, 5) is 17.1. The summed E-state index contributed by atoms with van der Waals surface area (Å²) in [5.41, 5.74) is 3.78. The molecule has 4 nitrogen and oxygen atoms in total. The highest BCUT2D eigenvalue weighted by molar-refractivity contribution is 5.94. The van der Waals surface area contributed by atoms with Crippen LogP contribution in [0.1, 0.15) is 41.1 Å². The Bertz CT molecular complexity index is 1140. The summed E-state index contributed by atoms with van der Waals surface area (Å²) in [6.45, 7) is 2.71. The Kier molecular flexibility index (Phi) is 5.89. The van der Waals surface area contributed by atoms with E-state index in [-0.39, 0.29) is 17.8 Å². The molecule has 0 bridgehead atoms. The lowest BCUT2D eigenvalue weighted by molar-refractivity contribution is 0.0953. The Labute approximate surface area is 175 Å². The number of fused-ring (bicyclic) bond motifs is 1. The number of carbonyl (C=O) groups excluding carboxylic acids is 1. The van der Waals surface area contributed by atoms with Gasteiger partial charge in [0, 0.05) is 18.5 Å². The number of hydrogen-bond acceptors (Lipinski definition) is 2. The van der Waals surface area contributed by atoms with Crippen molar-refractivity contribution in [2.24, 2.45) is 0 Å². The second-order valence-corrected chi connectivity index (χ2v) is 7.34. The molecule has 1 amide bonds. The molecule has 30 heavy (non-hydrogen) atoms. The summed E-state index contributed by atoms with van der Waals surface area (Å²) in [5, 5.41) is 2.90. The standard InChI is InChI=1S/C25H24FN3O/c1-18(19-8-3-2-4-9-19)29-23-11-6-5-10-22(23)28-24(29)12-7-17-27-25(30)20-13-15-21(26)16-14-20/h2-6,8-11,13-16,18H,7,12,17H2,1H3,(H,27,30). The van der Waals surface area contributed by atoms with Crippen LogP contribution in [0.3, 0.4) is 0 Å². The van der Waals surface area contributed by atoms with E-state index in [0.717, 1.165) is 29.7 Å². The molecule has 1 aromatic heterocycles. The highest BCUT2D eigenvalue weighted by Gasteiger charge is 2.17. The molecular formula is C25H24FN3O. The largest absolute Gasteiger partial charge is 0.352 e. The van der Waals surface area contributed by atoms with Crippen molar-refractivity contribution < 1.29 is 9.18 Å². The molecule has 0 spiro atoms. The zero-order valence-corrected chi connectivity index (χ0v) is 16.9. The molecule has 0 aliphatic heterocycles. The molecule has 152 valence electrons. The number of carbonyl (C=O) groups is 1. The number of para-hydroxylation sites is 2. The molecule has 0 radical (unpaired) electrons. The lowest BCUT2D eigenvalue weighted by Crippen LogP contribution is -2.25. The van der Waals surface area contributed by atoms with Crippen molar-refractivity contribution in [2.75, 3.05) is 6.54 Å². The maximum atomic E-state index is 13.0. The molecule has 0 aliphatic rings. The molecule has 4 aromatic rings. The molecule has 0 saturated heterocycles. The van der Waals surface area contributed by atoms with Crippen LogP contribution in [0.25, 0.3) is 11.0 Å². The highest BCUT2D eigenvalue weighted by atomic mass is 19.1. The van der Waals surface area contributed by atoms with Crippen LogP contribution in [0.15, 0.2) is 78.9 Å². The first-order valence-electron chi connectivity index (χ1n) is 10.2. The summed E-state index contributed by atoms with van der Waals surface area (Å²) in [5.74, 6) is 0.461.